The third-order valence-corrected chi connectivity index (χ3v) is 7.34. The van der Waals surface area contributed by atoms with Gasteiger partial charge in [-0.2, -0.15) is 0 Å². The monoisotopic (exact) mass is 425 g/mol. The molecule has 28 heavy (non-hydrogen) atoms. The van der Waals surface area contributed by atoms with Gasteiger partial charge < -0.3 is 14.8 Å². The molecular formula is C19H26ClN4O3S+. The van der Waals surface area contributed by atoms with E-state index in [9.17, 15) is 13.2 Å². The zero-order valence-corrected chi connectivity index (χ0v) is 17.8. The maximum absolute atomic E-state index is 12.7. The van der Waals surface area contributed by atoms with Crippen LogP contribution in [-0.4, -0.2) is 50.4 Å². The highest BCUT2D eigenvalue weighted by molar-refractivity contribution is 7.89. The topological polar surface area (TPSA) is 75.8 Å². The van der Waals surface area contributed by atoms with Gasteiger partial charge >= 0.3 is 0 Å². The van der Waals surface area contributed by atoms with E-state index in [1.165, 1.54) is 42.9 Å². The quantitative estimate of drug-likeness (QED) is 0.732. The summed E-state index contributed by atoms with van der Waals surface area (Å²) in [7, 11) is 1.34. The number of likely N-dealkylation sites (tertiary alicyclic amines) is 1. The minimum atomic E-state index is -3.60. The summed E-state index contributed by atoms with van der Waals surface area (Å²) in [6.07, 6.45) is 4.12. The summed E-state index contributed by atoms with van der Waals surface area (Å²) >= 11 is 6.18. The number of amides is 1. The summed E-state index contributed by atoms with van der Waals surface area (Å²) in [5.41, 5.74) is 1.53. The zero-order chi connectivity index (χ0) is 20.5. The second-order valence-electron chi connectivity index (χ2n) is 7.30. The lowest BCUT2D eigenvalue weighted by Gasteiger charge is -2.22. The van der Waals surface area contributed by atoms with Crippen LogP contribution in [0, 0.1) is 0 Å². The van der Waals surface area contributed by atoms with Gasteiger partial charge in [-0.05, 0) is 30.3 Å². The van der Waals surface area contributed by atoms with Crippen LogP contribution in [0.1, 0.15) is 24.6 Å². The lowest BCUT2D eigenvalue weighted by atomic mass is 10.1. The Kier molecular flexibility index (Phi) is 6.14. The number of aromatic nitrogens is 1. The molecule has 9 heteroatoms. The van der Waals surface area contributed by atoms with Gasteiger partial charge in [0.1, 0.15) is 6.04 Å². The number of anilines is 1. The number of sulfonamides is 1. The van der Waals surface area contributed by atoms with Crippen LogP contribution in [0.3, 0.4) is 0 Å². The summed E-state index contributed by atoms with van der Waals surface area (Å²) in [5.74, 6) is -0.183. The van der Waals surface area contributed by atoms with Gasteiger partial charge in [0.05, 0.1) is 27.8 Å². The van der Waals surface area contributed by atoms with Crippen molar-refractivity contribution in [2.75, 3.05) is 32.5 Å². The highest BCUT2D eigenvalue weighted by atomic mass is 35.5. The Labute approximate surface area is 170 Å². The van der Waals surface area contributed by atoms with Gasteiger partial charge in [0, 0.05) is 40.2 Å². The van der Waals surface area contributed by atoms with Crippen molar-refractivity contribution < 1.29 is 18.1 Å². The molecule has 1 fully saturated rings. The smallest absolute Gasteiger partial charge is 0.279 e. The van der Waals surface area contributed by atoms with Crippen LogP contribution in [0.4, 0.5) is 5.69 Å². The molecule has 0 saturated carbocycles. The number of benzene rings is 1. The van der Waals surface area contributed by atoms with Crippen LogP contribution in [0.25, 0.3) is 0 Å². The molecule has 1 saturated heterocycles. The Balaban J connectivity index is 1.74. The Hall–Kier alpha value is -1.87. The second-order valence-corrected chi connectivity index (χ2v) is 9.86. The Morgan fingerprint density at radius 1 is 1.36 bits per heavy atom. The fraction of sp³-hybridized carbons (Fsp3) is 0.421. The van der Waals surface area contributed by atoms with Gasteiger partial charge in [-0.1, -0.05) is 11.6 Å². The first-order valence-electron chi connectivity index (χ1n) is 9.18. The van der Waals surface area contributed by atoms with Crippen LogP contribution in [0.5, 0.6) is 0 Å². The summed E-state index contributed by atoms with van der Waals surface area (Å²) in [5, 5.41) is 3.09. The van der Waals surface area contributed by atoms with Crippen molar-refractivity contribution in [2.24, 2.45) is 7.05 Å². The fourth-order valence-corrected chi connectivity index (χ4v) is 4.78. The van der Waals surface area contributed by atoms with E-state index in [2.05, 4.69) is 16.0 Å². The first-order valence-corrected chi connectivity index (χ1v) is 11.0. The lowest BCUT2D eigenvalue weighted by molar-refractivity contribution is -0.910. The maximum atomic E-state index is 12.7. The van der Waals surface area contributed by atoms with Crippen LogP contribution < -0.4 is 10.2 Å². The van der Waals surface area contributed by atoms with Crippen molar-refractivity contribution in [3.8, 4) is 0 Å². The van der Waals surface area contributed by atoms with E-state index in [1.807, 2.05) is 19.3 Å². The van der Waals surface area contributed by atoms with Gasteiger partial charge in [0.25, 0.3) is 5.91 Å². The summed E-state index contributed by atoms with van der Waals surface area (Å²) < 4.78 is 27.9. The number of carbonyl (C=O) groups is 1. The molecule has 2 heterocycles. The largest absolute Gasteiger partial charge is 0.350 e. The molecule has 0 bridgehead atoms. The summed E-state index contributed by atoms with van der Waals surface area (Å²) in [4.78, 5) is 13.9. The van der Waals surface area contributed by atoms with Crippen LogP contribution in [-0.2, 0) is 21.9 Å². The van der Waals surface area contributed by atoms with E-state index < -0.39 is 10.0 Å². The van der Waals surface area contributed by atoms with Gasteiger partial charge in [0.2, 0.25) is 10.0 Å². The van der Waals surface area contributed by atoms with Gasteiger partial charge in [0.15, 0.2) is 6.54 Å². The highest BCUT2D eigenvalue weighted by Crippen LogP contribution is 2.26. The molecule has 0 radical (unpaired) electrons. The molecule has 1 aliphatic rings. The van der Waals surface area contributed by atoms with Gasteiger partial charge in [-0.25, -0.2) is 12.7 Å². The molecule has 7 nitrogen and oxygen atoms in total. The number of nitrogens with zero attached hydrogens (tertiary/aromatic N) is 2. The summed E-state index contributed by atoms with van der Waals surface area (Å²) in [6, 6.07) is 8.72. The molecule has 1 aliphatic heterocycles. The van der Waals surface area contributed by atoms with Crippen LogP contribution >= 0.6 is 11.6 Å². The molecule has 0 aliphatic carbocycles. The summed E-state index contributed by atoms with van der Waals surface area (Å²) in [6.45, 7) is 1.23. The third kappa shape index (κ3) is 4.25. The van der Waals surface area contributed by atoms with Crippen molar-refractivity contribution in [1.82, 2.24) is 8.87 Å². The molecule has 3 rings (SSSR count). The molecule has 2 atom stereocenters. The molecule has 2 N–H and O–H groups in total. The number of carbonyl (C=O) groups excluding carboxylic acids is 1. The number of hydrogen-bond acceptors (Lipinski definition) is 3. The predicted octanol–water partition coefficient (Wildman–Crippen LogP) is 1.29. The number of nitrogens with one attached hydrogen (secondary N) is 2. The number of quaternary nitrogens is 1. The lowest BCUT2D eigenvalue weighted by Crippen LogP contribution is -3.11. The molecule has 1 aromatic carbocycles. The standard InChI is InChI=1S/C19H25ClN4O3S/c1-22(2)28(26,27)14-8-9-15(20)16(12-14)21-19(25)13-24-11-5-7-18(24)17-6-4-10-23(17)3/h4,6,8-10,12,18H,5,7,11,13H2,1-3H3,(H,21,25)/p+1/t18-/m0/s1. The van der Waals surface area contributed by atoms with Crippen molar-refractivity contribution in [2.45, 2.75) is 23.8 Å². The maximum Gasteiger partial charge on any atom is 0.279 e. The molecule has 152 valence electrons. The number of aryl methyl sites for hydroxylation is 1. The van der Waals surface area contributed by atoms with Crippen LogP contribution in [0.2, 0.25) is 5.02 Å². The first kappa shape index (κ1) is 20.9. The highest BCUT2D eigenvalue weighted by Gasteiger charge is 2.33. The second kappa shape index (κ2) is 8.24. The molecule has 1 unspecified atom stereocenters. The van der Waals surface area contributed by atoms with Crippen molar-refractivity contribution >= 4 is 33.2 Å². The van der Waals surface area contributed by atoms with Crippen LogP contribution in [0.15, 0.2) is 41.4 Å². The molecule has 1 aromatic heterocycles. The van der Waals surface area contributed by atoms with E-state index >= 15 is 0 Å². The van der Waals surface area contributed by atoms with E-state index in [0.717, 1.165) is 23.7 Å². The van der Waals surface area contributed by atoms with Crippen molar-refractivity contribution in [3.63, 3.8) is 0 Å². The SMILES string of the molecule is CN(C)S(=O)(=O)c1ccc(Cl)c(NC(=O)C[NH+]2CCC[C@H]2c2cccn2C)c1. The third-order valence-electron chi connectivity index (χ3n) is 5.20. The molecule has 0 spiro atoms. The molecule has 2 aromatic rings. The first-order chi connectivity index (χ1) is 13.2. The van der Waals surface area contributed by atoms with E-state index in [0.29, 0.717) is 17.3 Å². The van der Waals surface area contributed by atoms with Gasteiger partial charge in [-0.15, -0.1) is 0 Å². The van der Waals surface area contributed by atoms with E-state index in [-0.39, 0.29) is 16.8 Å². The average Bonchev–Trinajstić information content (AvgIpc) is 3.24. The average molecular weight is 426 g/mol. The number of halogens is 1. The van der Waals surface area contributed by atoms with Gasteiger partial charge in [-0.3, -0.25) is 4.79 Å². The minimum Gasteiger partial charge on any atom is -0.350 e. The Bertz CT molecular complexity index is 971. The molecule has 1 amide bonds. The molecular weight excluding hydrogens is 400 g/mol. The Morgan fingerprint density at radius 2 is 2.11 bits per heavy atom. The number of rotatable bonds is 6. The predicted molar refractivity (Wildman–Crippen MR) is 109 cm³/mol. The van der Waals surface area contributed by atoms with E-state index in [1.54, 1.807) is 0 Å². The Morgan fingerprint density at radius 3 is 2.75 bits per heavy atom. The minimum absolute atomic E-state index is 0.0902. The zero-order valence-electron chi connectivity index (χ0n) is 16.3. The normalized spacial score (nSPS) is 19.9. The van der Waals surface area contributed by atoms with Crippen molar-refractivity contribution in [1.29, 1.82) is 0 Å². The van der Waals surface area contributed by atoms with Crippen molar-refractivity contribution in [3.05, 3.63) is 47.2 Å². The fourth-order valence-electron chi connectivity index (χ4n) is 3.69. The van der Waals surface area contributed by atoms with E-state index in [4.69, 9.17) is 11.6 Å². The number of hydrogen-bond donors (Lipinski definition) is 2.